The molecule has 2 aromatic rings. The second-order valence-electron chi connectivity index (χ2n) is 6.06. The van der Waals surface area contributed by atoms with E-state index in [9.17, 15) is 9.90 Å². The largest absolute Gasteiger partial charge is 0.504 e. The third-order valence-electron chi connectivity index (χ3n) is 4.24. The summed E-state index contributed by atoms with van der Waals surface area (Å²) in [5.41, 5.74) is 2.67. The number of allylic oxidation sites excluding steroid dienone is 1. The Morgan fingerprint density at radius 3 is 2.67 bits per heavy atom. The number of rotatable bonds is 5. The molecule has 0 fully saturated rings. The van der Waals surface area contributed by atoms with Crippen LogP contribution in [0, 0.1) is 0 Å². The summed E-state index contributed by atoms with van der Waals surface area (Å²) in [7, 11) is 1.47. The molecule has 1 aliphatic heterocycles. The Labute approximate surface area is 162 Å². The molecular formula is C20H20N2O4S. The quantitative estimate of drug-likeness (QED) is 0.540. The number of phenols is 1. The number of esters is 1. The third-order valence-corrected chi connectivity index (χ3v) is 4.46. The van der Waals surface area contributed by atoms with Gasteiger partial charge in [-0.2, -0.15) is 0 Å². The summed E-state index contributed by atoms with van der Waals surface area (Å²) in [6.07, 6.45) is 0. The van der Waals surface area contributed by atoms with Crippen LogP contribution in [0.5, 0.6) is 11.5 Å². The van der Waals surface area contributed by atoms with E-state index in [1.54, 1.807) is 19.1 Å². The Hall–Kier alpha value is -3.06. The Kier molecular flexibility index (Phi) is 5.61. The van der Waals surface area contributed by atoms with Crippen molar-refractivity contribution in [2.45, 2.75) is 19.6 Å². The summed E-state index contributed by atoms with van der Waals surface area (Å²) >= 11 is 5.24. The molecule has 6 nitrogen and oxygen atoms in total. The smallest absolute Gasteiger partial charge is 0.338 e. The van der Waals surface area contributed by atoms with E-state index in [0.717, 1.165) is 11.1 Å². The van der Waals surface area contributed by atoms with Crippen molar-refractivity contribution in [1.82, 2.24) is 10.6 Å². The molecule has 3 N–H and O–H groups in total. The minimum Gasteiger partial charge on any atom is -0.504 e. The molecule has 1 aliphatic rings. The van der Waals surface area contributed by atoms with Gasteiger partial charge in [0, 0.05) is 5.70 Å². The Morgan fingerprint density at radius 1 is 1.22 bits per heavy atom. The molecule has 3 rings (SSSR count). The highest BCUT2D eigenvalue weighted by Gasteiger charge is 2.31. The summed E-state index contributed by atoms with van der Waals surface area (Å²) in [5.74, 6) is -0.115. The lowest BCUT2D eigenvalue weighted by molar-refractivity contribution is -0.140. The van der Waals surface area contributed by atoms with Crippen LogP contribution in [0.4, 0.5) is 0 Å². The average molecular weight is 384 g/mol. The normalized spacial score (nSPS) is 16.4. The van der Waals surface area contributed by atoms with E-state index in [2.05, 4.69) is 10.6 Å². The van der Waals surface area contributed by atoms with Crippen LogP contribution in [-0.4, -0.2) is 23.3 Å². The van der Waals surface area contributed by atoms with Crippen LogP contribution < -0.4 is 15.4 Å². The molecule has 0 unspecified atom stereocenters. The number of methoxy groups -OCH3 is 1. The maximum atomic E-state index is 12.8. The predicted molar refractivity (Wildman–Crippen MR) is 105 cm³/mol. The fraction of sp³-hybridized carbons (Fsp3) is 0.200. The number of benzene rings is 2. The minimum atomic E-state index is -0.517. The maximum absolute atomic E-state index is 12.8. The second kappa shape index (κ2) is 8.09. The molecule has 2 aromatic carbocycles. The highest BCUT2D eigenvalue weighted by molar-refractivity contribution is 7.80. The molecule has 140 valence electrons. The third kappa shape index (κ3) is 4.20. The number of ether oxygens (including phenoxy) is 2. The van der Waals surface area contributed by atoms with Gasteiger partial charge < -0.3 is 25.2 Å². The number of thiocarbonyl (C=S) groups is 1. The first-order chi connectivity index (χ1) is 13.0. The zero-order chi connectivity index (χ0) is 19.4. The van der Waals surface area contributed by atoms with Gasteiger partial charge in [-0.25, -0.2) is 4.79 Å². The monoisotopic (exact) mass is 384 g/mol. The van der Waals surface area contributed by atoms with Crippen LogP contribution in [0.2, 0.25) is 0 Å². The van der Waals surface area contributed by atoms with Gasteiger partial charge in [-0.3, -0.25) is 0 Å². The second-order valence-corrected chi connectivity index (χ2v) is 6.47. The SMILES string of the molecule is COc1cc([C@H]2NC(=S)NC(C)=C2C(=O)OCc2ccccc2)ccc1O. The molecule has 1 heterocycles. The highest BCUT2D eigenvalue weighted by atomic mass is 32.1. The van der Waals surface area contributed by atoms with Gasteiger partial charge in [-0.05, 0) is 42.4 Å². The fourth-order valence-electron chi connectivity index (χ4n) is 2.89. The fourth-order valence-corrected chi connectivity index (χ4v) is 3.16. The lowest BCUT2D eigenvalue weighted by atomic mass is 9.95. The van der Waals surface area contributed by atoms with Crippen LogP contribution in [-0.2, 0) is 16.1 Å². The molecule has 0 aliphatic carbocycles. The Morgan fingerprint density at radius 2 is 1.96 bits per heavy atom. The first-order valence-electron chi connectivity index (χ1n) is 8.36. The number of carbonyl (C=O) groups excluding carboxylic acids is 1. The molecule has 0 saturated heterocycles. The summed E-state index contributed by atoms with van der Waals surface area (Å²) in [4.78, 5) is 12.8. The zero-order valence-corrected chi connectivity index (χ0v) is 15.8. The first-order valence-corrected chi connectivity index (χ1v) is 8.76. The average Bonchev–Trinajstić information content (AvgIpc) is 2.66. The lowest BCUT2D eigenvalue weighted by Gasteiger charge is -2.30. The lowest BCUT2D eigenvalue weighted by Crippen LogP contribution is -2.45. The molecule has 0 amide bonds. The van der Waals surface area contributed by atoms with Crippen molar-refractivity contribution in [3.63, 3.8) is 0 Å². The van der Waals surface area contributed by atoms with Crippen LogP contribution in [0.15, 0.2) is 59.8 Å². The van der Waals surface area contributed by atoms with Crippen molar-refractivity contribution in [2.75, 3.05) is 7.11 Å². The topological polar surface area (TPSA) is 79.8 Å². The van der Waals surface area contributed by atoms with Crippen molar-refractivity contribution in [2.24, 2.45) is 0 Å². The van der Waals surface area contributed by atoms with Crippen molar-refractivity contribution in [1.29, 1.82) is 0 Å². The van der Waals surface area contributed by atoms with Crippen LogP contribution in [0.3, 0.4) is 0 Å². The molecule has 0 spiro atoms. The van der Waals surface area contributed by atoms with Gasteiger partial charge in [0.05, 0.1) is 18.7 Å². The first kappa shape index (κ1) is 18.7. The summed E-state index contributed by atoms with van der Waals surface area (Å²) < 4.78 is 10.7. The number of carbonyl (C=O) groups is 1. The summed E-state index contributed by atoms with van der Waals surface area (Å²) in [6.45, 7) is 1.95. The molecule has 0 bridgehead atoms. The molecule has 7 heteroatoms. The molecular weight excluding hydrogens is 364 g/mol. The van der Waals surface area contributed by atoms with Gasteiger partial charge in [0.1, 0.15) is 6.61 Å². The van der Waals surface area contributed by atoms with Gasteiger partial charge in [0.2, 0.25) is 0 Å². The summed E-state index contributed by atoms with van der Waals surface area (Å²) in [6, 6.07) is 13.8. The van der Waals surface area contributed by atoms with Gasteiger partial charge in [0.25, 0.3) is 0 Å². The predicted octanol–water partition coefficient (Wildman–Crippen LogP) is 2.94. The van der Waals surface area contributed by atoms with Crippen molar-refractivity contribution in [3.05, 3.63) is 70.9 Å². The number of phenolic OH excluding ortho intramolecular Hbond substituents is 1. The van der Waals surface area contributed by atoms with Crippen LogP contribution in [0.1, 0.15) is 24.1 Å². The van der Waals surface area contributed by atoms with Crippen molar-refractivity contribution < 1.29 is 19.4 Å². The van der Waals surface area contributed by atoms with E-state index < -0.39 is 12.0 Å². The molecule has 0 radical (unpaired) electrons. The van der Waals surface area contributed by atoms with E-state index in [-0.39, 0.29) is 12.4 Å². The standard InChI is InChI=1S/C20H20N2O4S/c1-12-17(19(24)26-11-13-6-4-3-5-7-13)18(22-20(27)21-12)14-8-9-15(23)16(10-14)25-2/h3-10,18,23H,11H2,1-2H3,(H2,21,22,27)/t18-/m1/s1. The molecule has 0 saturated carbocycles. The number of hydrogen-bond acceptors (Lipinski definition) is 5. The van der Waals surface area contributed by atoms with Gasteiger partial charge in [-0.1, -0.05) is 36.4 Å². The van der Waals surface area contributed by atoms with E-state index in [1.807, 2.05) is 30.3 Å². The minimum absolute atomic E-state index is 0.0201. The molecule has 0 aromatic heterocycles. The van der Waals surface area contributed by atoms with Gasteiger partial charge in [0.15, 0.2) is 16.6 Å². The van der Waals surface area contributed by atoms with Crippen molar-refractivity contribution in [3.8, 4) is 11.5 Å². The van der Waals surface area contributed by atoms with Crippen LogP contribution >= 0.6 is 12.2 Å². The number of nitrogens with one attached hydrogen (secondary N) is 2. The van der Waals surface area contributed by atoms with E-state index in [4.69, 9.17) is 21.7 Å². The van der Waals surface area contributed by atoms with E-state index in [0.29, 0.717) is 22.1 Å². The van der Waals surface area contributed by atoms with E-state index >= 15 is 0 Å². The number of hydrogen-bond donors (Lipinski definition) is 3. The summed E-state index contributed by atoms with van der Waals surface area (Å²) in [5, 5.41) is 16.3. The van der Waals surface area contributed by atoms with Crippen molar-refractivity contribution >= 4 is 23.3 Å². The van der Waals surface area contributed by atoms with E-state index in [1.165, 1.54) is 13.2 Å². The Bertz CT molecular complexity index is 896. The van der Waals surface area contributed by atoms with Crippen LogP contribution in [0.25, 0.3) is 0 Å². The zero-order valence-electron chi connectivity index (χ0n) is 15.0. The Balaban J connectivity index is 1.88. The van der Waals surface area contributed by atoms with Gasteiger partial charge in [-0.15, -0.1) is 0 Å². The maximum Gasteiger partial charge on any atom is 0.338 e. The highest BCUT2D eigenvalue weighted by Crippen LogP contribution is 2.33. The molecule has 1 atom stereocenters. The number of aromatic hydroxyl groups is 1. The molecule has 27 heavy (non-hydrogen) atoms. The van der Waals surface area contributed by atoms with Gasteiger partial charge >= 0.3 is 5.97 Å².